The minimum atomic E-state index is -0.106. The molecule has 0 bridgehead atoms. The lowest BCUT2D eigenvalue weighted by Gasteiger charge is -1.99. The fraction of sp³-hybridized carbons (Fsp3) is 0.0667. The van der Waals surface area contributed by atoms with Crippen LogP contribution in [0.15, 0.2) is 58.1 Å². The second kappa shape index (κ2) is 4.96. The smallest absolute Gasteiger partial charge is 0.258 e. The van der Waals surface area contributed by atoms with Crippen LogP contribution in [0.5, 0.6) is 0 Å². The van der Waals surface area contributed by atoms with E-state index < -0.39 is 0 Å². The lowest BCUT2D eigenvalue weighted by atomic mass is 10.1. The van der Waals surface area contributed by atoms with Gasteiger partial charge in [-0.15, -0.1) is 0 Å². The predicted octanol–water partition coefficient (Wildman–Crippen LogP) is 1.82. The molecular weight excluding hydrogens is 282 g/mol. The Balaban J connectivity index is 1.71. The summed E-state index contributed by atoms with van der Waals surface area (Å²) >= 11 is 0. The molecule has 108 valence electrons. The van der Waals surface area contributed by atoms with Crippen LogP contribution in [-0.4, -0.2) is 24.9 Å². The van der Waals surface area contributed by atoms with Crippen molar-refractivity contribution in [2.24, 2.45) is 0 Å². The van der Waals surface area contributed by atoms with E-state index in [9.17, 15) is 4.79 Å². The van der Waals surface area contributed by atoms with E-state index in [1.165, 1.54) is 10.6 Å². The highest BCUT2D eigenvalue weighted by molar-refractivity contribution is 5.91. The Bertz CT molecular complexity index is 998. The Morgan fingerprint density at radius 3 is 3.05 bits per heavy atom. The number of hydrogen-bond donors (Lipinski definition) is 1. The van der Waals surface area contributed by atoms with E-state index in [1.54, 1.807) is 24.5 Å². The van der Waals surface area contributed by atoms with Crippen LogP contribution in [0.2, 0.25) is 0 Å². The van der Waals surface area contributed by atoms with Gasteiger partial charge < -0.3 is 9.09 Å². The monoisotopic (exact) mass is 293 g/mol. The summed E-state index contributed by atoms with van der Waals surface area (Å²) in [5.41, 5.74) is 1.60. The molecule has 7 nitrogen and oxygen atoms in total. The number of aromatic amines is 1. The van der Waals surface area contributed by atoms with Crippen molar-refractivity contribution in [2.75, 3.05) is 0 Å². The molecule has 0 aliphatic heterocycles. The number of aromatic nitrogens is 5. The van der Waals surface area contributed by atoms with Crippen molar-refractivity contribution in [3.05, 3.63) is 65.0 Å². The van der Waals surface area contributed by atoms with E-state index in [4.69, 9.17) is 4.52 Å². The molecule has 1 N–H and O–H groups in total. The highest BCUT2D eigenvalue weighted by Crippen LogP contribution is 2.25. The number of nitrogens with zero attached hydrogens (tertiary/aromatic N) is 4. The molecule has 1 aromatic carbocycles. The Morgan fingerprint density at radius 2 is 2.14 bits per heavy atom. The average Bonchev–Trinajstić information content (AvgIpc) is 3.18. The second-order valence-electron chi connectivity index (χ2n) is 4.82. The number of fused-ring (bicyclic) bond motifs is 1. The molecule has 3 heterocycles. The van der Waals surface area contributed by atoms with Crippen molar-refractivity contribution >= 4 is 10.9 Å². The van der Waals surface area contributed by atoms with E-state index in [0.717, 1.165) is 16.5 Å². The standard InChI is InChI=1S/C15H11N5O2/c21-14-6-1-2-7-20(14)9-13-17-15(22-19-13)10-4-3-5-12-11(10)8-16-18-12/h1-8H,9H2,(H,16,18). The van der Waals surface area contributed by atoms with Crippen LogP contribution in [-0.2, 0) is 6.54 Å². The Morgan fingerprint density at radius 1 is 1.18 bits per heavy atom. The number of nitrogens with one attached hydrogen (secondary N) is 1. The Kier molecular flexibility index (Phi) is 2.82. The first kappa shape index (κ1) is 12.5. The Labute approximate surface area is 124 Å². The van der Waals surface area contributed by atoms with Gasteiger partial charge in [-0.05, 0) is 18.2 Å². The summed E-state index contributed by atoms with van der Waals surface area (Å²) in [7, 11) is 0. The van der Waals surface area contributed by atoms with Gasteiger partial charge in [0.1, 0.15) is 0 Å². The molecule has 0 saturated carbocycles. The van der Waals surface area contributed by atoms with Gasteiger partial charge in [-0.3, -0.25) is 9.89 Å². The zero-order chi connectivity index (χ0) is 14.9. The maximum Gasteiger partial charge on any atom is 0.258 e. The summed E-state index contributed by atoms with van der Waals surface area (Å²) in [6.45, 7) is 0.268. The largest absolute Gasteiger partial charge is 0.334 e. The van der Waals surface area contributed by atoms with Crippen molar-refractivity contribution in [3.8, 4) is 11.5 Å². The molecule has 4 rings (SSSR count). The minimum absolute atomic E-state index is 0.106. The summed E-state index contributed by atoms with van der Waals surface area (Å²) in [4.78, 5) is 16.1. The van der Waals surface area contributed by atoms with Crippen LogP contribution in [0.3, 0.4) is 0 Å². The number of benzene rings is 1. The quantitative estimate of drug-likeness (QED) is 0.622. The van der Waals surface area contributed by atoms with Gasteiger partial charge in [-0.2, -0.15) is 10.1 Å². The predicted molar refractivity (Wildman–Crippen MR) is 79.2 cm³/mol. The topological polar surface area (TPSA) is 89.6 Å². The molecule has 0 spiro atoms. The van der Waals surface area contributed by atoms with Gasteiger partial charge in [0.05, 0.1) is 23.8 Å². The molecule has 3 aromatic heterocycles. The Hall–Kier alpha value is -3.22. The third-order valence-corrected chi connectivity index (χ3v) is 3.39. The van der Waals surface area contributed by atoms with Crippen molar-refractivity contribution in [2.45, 2.75) is 6.54 Å². The minimum Gasteiger partial charge on any atom is -0.334 e. The number of H-pyrrole nitrogens is 1. The van der Waals surface area contributed by atoms with Crippen LogP contribution in [0.25, 0.3) is 22.4 Å². The molecular formula is C15H11N5O2. The molecule has 0 aliphatic carbocycles. The van der Waals surface area contributed by atoms with E-state index >= 15 is 0 Å². The van der Waals surface area contributed by atoms with Crippen molar-refractivity contribution < 1.29 is 4.52 Å². The molecule has 0 amide bonds. The van der Waals surface area contributed by atoms with Gasteiger partial charge in [0, 0.05) is 17.6 Å². The molecule has 0 saturated heterocycles. The summed E-state index contributed by atoms with van der Waals surface area (Å²) in [6, 6.07) is 10.7. The third-order valence-electron chi connectivity index (χ3n) is 3.39. The molecule has 0 fully saturated rings. The lowest BCUT2D eigenvalue weighted by molar-refractivity contribution is 0.420. The van der Waals surface area contributed by atoms with Gasteiger partial charge >= 0.3 is 0 Å². The summed E-state index contributed by atoms with van der Waals surface area (Å²) in [6.07, 6.45) is 3.41. The highest BCUT2D eigenvalue weighted by Gasteiger charge is 2.13. The number of hydrogen-bond acceptors (Lipinski definition) is 5. The number of rotatable bonds is 3. The van der Waals surface area contributed by atoms with Gasteiger partial charge in [-0.1, -0.05) is 17.3 Å². The zero-order valence-corrected chi connectivity index (χ0v) is 11.4. The van der Waals surface area contributed by atoms with E-state index in [-0.39, 0.29) is 12.1 Å². The molecule has 4 aromatic rings. The first-order chi connectivity index (χ1) is 10.8. The van der Waals surface area contributed by atoms with Gasteiger partial charge in [0.2, 0.25) is 0 Å². The summed E-state index contributed by atoms with van der Waals surface area (Å²) in [5.74, 6) is 0.856. The maximum atomic E-state index is 11.7. The fourth-order valence-electron chi connectivity index (χ4n) is 2.33. The van der Waals surface area contributed by atoms with Crippen LogP contribution in [0.1, 0.15) is 5.82 Å². The average molecular weight is 293 g/mol. The van der Waals surface area contributed by atoms with Gasteiger partial charge in [0.25, 0.3) is 11.4 Å². The summed E-state index contributed by atoms with van der Waals surface area (Å²) < 4.78 is 6.84. The van der Waals surface area contributed by atoms with Gasteiger partial charge in [0.15, 0.2) is 5.82 Å². The van der Waals surface area contributed by atoms with Crippen LogP contribution >= 0.6 is 0 Å². The first-order valence-corrected chi connectivity index (χ1v) is 6.72. The van der Waals surface area contributed by atoms with E-state index in [2.05, 4.69) is 20.3 Å². The lowest BCUT2D eigenvalue weighted by Crippen LogP contribution is -2.18. The normalized spacial score (nSPS) is 11.1. The fourth-order valence-corrected chi connectivity index (χ4v) is 2.33. The molecule has 0 aliphatic rings. The molecule has 22 heavy (non-hydrogen) atoms. The molecule has 0 atom stereocenters. The van der Waals surface area contributed by atoms with Crippen LogP contribution < -0.4 is 5.56 Å². The van der Waals surface area contributed by atoms with Crippen molar-refractivity contribution in [3.63, 3.8) is 0 Å². The zero-order valence-electron chi connectivity index (χ0n) is 11.4. The molecule has 0 radical (unpaired) electrons. The summed E-state index contributed by atoms with van der Waals surface area (Å²) in [5, 5.41) is 11.8. The van der Waals surface area contributed by atoms with Crippen LogP contribution in [0, 0.1) is 0 Å². The second-order valence-corrected chi connectivity index (χ2v) is 4.82. The van der Waals surface area contributed by atoms with Crippen LogP contribution in [0.4, 0.5) is 0 Å². The molecule has 0 unspecified atom stereocenters. The molecule has 7 heteroatoms. The SMILES string of the molecule is O=c1ccccn1Cc1noc(-c2cccc3[nH]ncc23)n1. The van der Waals surface area contributed by atoms with Crippen molar-refractivity contribution in [1.29, 1.82) is 0 Å². The van der Waals surface area contributed by atoms with E-state index in [0.29, 0.717) is 11.7 Å². The maximum absolute atomic E-state index is 11.7. The highest BCUT2D eigenvalue weighted by atomic mass is 16.5. The third kappa shape index (κ3) is 2.08. The first-order valence-electron chi connectivity index (χ1n) is 6.72. The van der Waals surface area contributed by atoms with Gasteiger partial charge in [-0.25, -0.2) is 0 Å². The van der Waals surface area contributed by atoms with Crippen molar-refractivity contribution in [1.82, 2.24) is 24.9 Å². The number of pyridine rings is 1. The van der Waals surface area contributed by atoms with E-state index in [1.807, 2.05) is 18.2 Å².